The van der Waals surface area contributed by atoms with Gasteiger partial charge in [-0.3, -0.25) is 0 Å². The zero-order chi connectivity index (χ0) is 21.7. The first kappa shape index (κ1) is 22.7. The Labute approximate surface area is 166 Å². The van der Waals surface area contributed by atoms with Crippen LogP contribution in [0.3, 0.4) is 0 Å². The lowest BCUT2D eigenvalue weighted by Gasteiger charge is -2.16. The number of aliphatic imine (C=N–C) groups is 1. The lowest BCUT2D eigenvalue weighted by molar-refractivity contribution is -0.138. The van der Waals surface area contributed by atoms with E-state index in [9.17, 15) is 26.0 Å². The lowest BCUT2D eigenvalue weighted by Crippen LogP contribution is -2.37. The normalized spacial score (nSPS) is 12.7. The summed E-state index contributed by atoms with van der Waals surface area (Å²) in [4.78, 5) is 4.48. The van der Waals surface area contributed by atoms with E-state index in [-0.39, 0.29) is 29.5 Å². The highest BCUT2D eigenvalue weighted by atomic mass is 32.2. The van der Waals surface area contributed by atoms with Crippen LogP contribution in [0.15, 0.2) is 52.4 Å². The van der Waals surface area contributed by atoms with E-state index in [0.29, 0.717) is 12.6 Å². The van der Waals surface area contributed by atoms with Crippen LogP contribution in [-0.2, 0) is 29.1 Å². The minimum absolute atomic E-state index is 0.109. The number of nitrogens with one attached hydrogen (secondary N) is 2. The van der Waals surface area contributed by atoms with Crippen LogP contribution >= 0.6 is 0 Å². The van der Waals surface area contributed by atoms with Crippen molar-refractivity contribution >= 4 is 15.8 Å². The fraction of sp³-hybridized carbons (Fsp3) is 0.316. The van der Waals surface area contributed by atoms with Crippen LogP contribution in [0.25, 0.3) is 0 Å². The van der Waals surface area contributed by atoms with Crippen molar-refractivity contribution in [1.29, 1.82) is 0 Å². The molecule has 0 fully saturated rings. The van der Waals surface area contributed by atoms with Crippen molar-refractivity contribution in [2.75, 3.05) is 12.8 Å². The molecule has 0 saturated heterocycles. The highest BCUT2D eigenvalue weighted by Crippen LogP contribution is 2.32. The van der Waals surface area contributed by atoms with E-state index >= 15 is 0 Å². The Balaban J connectivity index is 2.13. The summed E-state index contributed by atoms with van der Waals surface area (Å²) < 4.78 is 75.5. The Morgan fingerprint density at radius 3 is 2.28 bits per heavy atom. The Hall–Kier alpha value is -2.62. The largest absolute Gasteiger partial charge is 0.416 e. The third-order valence-corrected chi connectivity index (χ3v) is 5.07. The topological polar surface area (TPSA) is 70.6 Å². The molecule has 0 saturated carbocycles. The first-order chi connectivity index (χ1) is 13.5. The van der Waals surface area contributed by atoms with E-state index in [2.05, 4.69) is 15.6 Å². The first-order valence-electron chi connectivity index (χ1n) is 8.67. The smallest absolute Gasteiger partial charge is 0.357 e. The molecule has 0 aliphatic carbocycles. The lowest BCUT2D eigenvalue weighted by atomic mass is 10.1. The van der Waals surface area contributed by atoms with Gasteiger partial charge in [0.1, 0.15) is 5.82 Å². The van der Waals surface area contributed by atoms with Crippen LogP contribution in [0.2, 0.25) is 0 Å². The molecule has 0 unspecified atom stereocenters. The van der Waals surface area contributed by atoms with Crippen LogP contribution < -0.4 is 10.6 Å². The fourth-order valence-corrected chi connectivity index (χ4v) is 3.13. The van der Waals surface area contributed by atoms with Crippen molar-refractivity contribution < 1.29 is 26.0 Å². The Morgan fingerprint density at radius 2 is 1.72 bits per heavy atom. The maximum absolute atomic E-state index is 13.2. The fourth-order valence-electron chi connectivity index (χ4n) is 2.50. The summed E-state index contributed by atoms with van der Waals surface area (Å²) in [6.45, 7) is 2.27. The minimum Gasteiger partial charge on any atom is -0.357 e. The van der Waals surface area contributed by atoms with Gasteiger partial charge in [-0.05, 0) is 42.3 Å². The highest BCUT2D eigenvalue weighted by Gasteiger charge is 2.33. The molecule has 10 heteroatoms. The van der Waals surface area contributed by atoms with Gasteiger partial charge in [-0.25, -0.2) is 17.8 Å². The van der Waals surface area contributed by atoms with E-state index in [1.165, 1.54) is 12.1 Å². The number of guanidine groups is 1. The molecule has 29 heavy (non-hydrogen) atoms. The van der Waals surface area contributed by atoms with Gasteiger partial charge in [0.05, 0.1) is 17.0 Å². The zero-order valence-electron chi connectivity index (χ0n) is 15.8. The standard InChI is InChI=1S/C19H21F4N3O2S/c1-3-24-18(25-11-13-4-8-16(9-5-13)29(2,27)28)26-12-14-6-7-15(20)10-17(14)19(21,22)23/h4-10H,3,11-12H2,1-2H3,(H2,24,25,26). The van der Waals surface area contributed by atoms with Crippen LogP contribution in [0.5, 0.6) is 0 Å². The predicted octanol–water partition coefficient (Wildman–Crippen LogP) is 3.50. The molecule has 158 valence electrons. The van der Waals surface area contributed by atoms with E-state index in [1.54, 1.807) is 19.1 Å². The Morgan fingerprint density at radius 1 is 1.07 bits per heavy atom. The summed E-state index contributed by atoms with van der Waals surface area (Å²) in [6, 6.07) is 8.68. The van der Waals surface area contributed by atoms with Crippen molar-refractivity contribution in [3.8, 4) is 0 Å². The molecule has 0 aliphatic rings. The van der Waals surface area contributed by atoms with Gasteiger partial charge in [0.2, 0.25) is 0 Å². The van der Waals surface area contributed by atoms with Crippen LogP contribution in [0, 0.1) is 5.82 Å². The molecule has 0 radical (unpaired) electrons. The molecule has 2 aromatic rings. The van der Waals surface area contributed by atoms with Gasteiger partial charge in [0, 0.05) is 19.3 Å². The molecule has 2 N–H and O–H groups in total. The summed E-state index contributed by atoms with van der Waals surface area (Å²) in [7, 11) is -3.30. The van der Waals surface area contributed by atoms with Crippen molar-refractivity contribution in [2.45, 2.75) is 31.1 Å². The zero-order valence-corrected chi connectivity index (χ0v) is 16.7. The number of halogens is 4. The molecule has 0 aromatic heterocycles. The van der Waals surface area contributed by atoms with Gasteiger partial charge in [-0.1, -0.05) is 18.2 Å². The second-order valence-electron chi connectivity index (χ2n) is 6.26. The maximum Gasteiger partial charge on any atom is 0.416 e. The number of nitrogens with zero attached hydrogens (tertiary/aromatic N) is 1. The van der Waals surface area contributed by atoms with Crippen molar-refractivity contribution in [2.24, 2.45) is 4.99 Å². The van der Waals surface area contributed by atoms with E-state index in [0.717, 1.165) is 24.0 Å². The summed E-state index contributed by atoms with van der Waals surface area (Å²) in [5.41, 5.74) is -0.424. The van der Waals surface area contributed by atoms with Crippen LogP contribution in [-0.4, -0.2) is 27.2 Å². The number of sulfone groups is 1. The molecule has 0 spiro atoms. The SMILES string of the molecule is CCNC(=NCc1ccc(S(C)(=O)=O)cc1)NCc1ccc(F)cc1C(F)(F)F. The third kappa shape index (κ3) is 6.74. The molecule has 2 aromatic carbocycles. The van der Waals surface area contributed by atoms with Crippen molar-refractivity contribution in [3.63, 3.8) is 0 Å². The molecular weight excluding hydrogens is 410 g/mol. The Bertz CT molecular complexity index is 972. The number of hydrogen-bond acceptors (Lipinski definition) is 3. The minimum atomic E-state index is -4.67. The van der Waals surface area contributed by atoms with Gasteiger partial charge < -0.3 is 10.6 Å². The molecule has 2 rings (SSSR count). The molecule has 0 heterocycles. The molecule has 0 bridgehead atoms. The third-order valence-electron chi connectivity index (χ3n) is 3.94. The van der Waals surface area contributed by atoms with Gasteiger partial charge in [0.15, 0.2) is 15.8 Å². The van der Waals surface area contributed by atoms with E-state index in [4.69, 9.17) is 0 Å². The summed E-state index contributed by atoms with van der Waals surface area (Å²) in [6.07, 6.45) is -3.56. The monoisotopic (exact) mass is 431 g/mol. The van der Waals surface area contributed by atoms with E-state index < -0.39 is 27.4 Å². The summed E-state index contributed by atoms with van der Waals surface area (Å²) in [5.74, 6) is -0.684. The van der Waals surface area contributed by atoms with Gasteiger partial charge in [-0.15, -0.1) is 0 Å². The summed E-state index contributed by atoms with van der Waals surface area (Å²) >= 11 is 0. The van der Waals surface area contributed by atoms with Gasteiger partial charge >= 0.3 is 6.18 Å². The van der Waals surface area contributed by atoms with Gasteiger partial charge in [-0.2, -0.15) is 13.2 Å². The summed E-state index contributed by atoms with van der Waals surface area (Å²) in [5, 5.41) is 5.71. The quantitative estimate of drug-likeness (QED) is 0.417. The highest BCUT2D eigenvalue weighted by molar-refractivity contribution is 7.90. The number of hydrogen-bond donors (Lipinski definition) is 2. The Kier molecular flexibility index (Phi) is 7.23. The molecule has 0 atom stereocenters. The number of benzene rings is 2. The first-order valence-corrected chi connectivity index (χ1v) is 10.6. The maximum atomic E-state index is 13.2. The van der Waals surface area contributed by atoms with Crippen LogP contribution in [0.1, 0.15) is 23.6 Å². The molecule has 0 aliphatic heterocycles. The second-order valence-corrected chi connectivity index (χ2v) is 8.28. The van der Waals surface area contributed by atoms with E-state index in [1.807, 2.05) is 0 Å². The molecule has 5 nitrogen and oxygen atoms in total. The van der Waals surface area contributed by atoms with Crippen molar-refractivity contribution in [3.05, 3.63) is 65.0 Å². The second kappa shape index (κ2) is 9.25. The molecular formula is C19H21F4N3O2S. The van der Waals surface area contributed by atoms with Crippen LogP contribution in [0.4, 0.5) is 17.6 Å². The average Bonchev–Trinajstić information content (AvgIpc) is 2.63. The predicted molar refractivity (Wildman–Crippen MR) is 103 cm³/mol. The van der Waals surface area contributed by atoms with Crippen molar-refractivity contribution in [1.82, 2.24) is 10.6 Å². The average molecular weight is 431 g/mol. The van der Waals surface area contributed by atoms with Gasteiger partial charge in [0.25, 0.3) is 0 Å². The molecule has 0 amide bonds. The number of alkyl halides is 3. The number of rotatable bonds is 6.